The number of carbonyl (C=O) groups excluding carboxylic acids is 2. The molecule has 4 aliphatic rings. The lowest BCUT2D eigenvalue weighted by Crippen LogP contribution is -2.77. The van der Waals surface area contributed by atoms with Crippen molar-refractivity contribution in [2.24, 2.45) is 0 Å². The van der Waals surface area contributed by atoms with Crippen molar-refractivity contribution in [1.29, 1.82) is 0 Å². The highest BCUT2D eigenvalue weighted by Gasteiger charge is 2.74. The van der Waals surface area contributed by atoms with E-state index in [1.165, 1.54) is 6.92 Å². The van der Waals surface area contributed by atoms with Crippen LogP contribution in [0, 0.1) is 0 Å². The molecule has 126 valence electrons. The number of phenolic OH excluding ortho intramolecular Hbond substituents is 1. The van der Waals surface area contributed by atoms with Gasteiger partial charge >= 0.3 is 5.97 Å². The monoisotopic (exact) mass is 329 g/mol. The molecule has 0 unspecified atom stereocenters. The van der Waals surface area contributed by atoms with Crippen LogP contribution >= 0.6 is 0 Å². The molecule has 6 heteroatoms. The van der Waals surface area contributed by atoms with Gasteiger partial charge in [0.1, 0.15) is 5.60 Å². The van der Waals surface area contributed by atoms with Crippen molar-refractivity contribution >= 4 is 11.8 Å². The van der Waals surface area contributed by atoms with E-state index in [4.69, 9.17) is 9.47 Å². The van der Waals surface area contributed by atoms with Crippen molar-refractivity contribution in [3.63, 3.8) is 0 Å². The van der Waals surface area contributed by atoms with Crippen molar-refractivity contribution in [2.75, 3.05) is 6.54 Å². The Morgan fingerprint density at radius 2 is 2.25 bits per heavy atom. The quantitative estimate of drug-likeness (QED) is 0.747. The van der Waals surface area contributed by atoms with Gasteiger partial charge in [-0.1, -0.05) is 6.07 Å². The van der Waals surface area contributed by atoms with Crippen molar-refractivity contribution in [1.82, 2.24) is 5.32 Å². The van der Waals surface area contributed by atoms with Crippen molar-refractivity contribution in [2.45, 2.75) is 55.8 Å². The summed E-state index contributed by atoms with van der Waals surface area (Å²) in [5.74, 6) is 0.152. The Morgan fingerprint density at radius 3 is 3.04 bits per heavy atom. The zero-order chi connectivity index (χ0) is 16.7. The molecule has 2 N–H and O–H groups in total. The van der Waals surface area contributed by atoms with Gasteiger partial charge in [-0.3, -0.25) is 9.59 Å². The van der Waals surface area contributed by atoms with Crippen LogP contribution in [-0.4, -0.2) is 41.2 Å². The fourth-order valence-corrected chi connectivity index (χ4v) is 5.67. The molecule has 1 spiro atoms. The Bertz CT molecular complexity index is 790. The number of aromatic hydroxyl groups is 1. The van der Waals surface area contributed by atoms with Gasteiger partial charge in [-0.15, -0.1) is 0 Å². The van der Waals surface area contributed by atoms with Crippen LogP contribution in [-0.2, 0) is 26.2 Å². The van der Waals surface area contributed by atoms with Gasteiger partial charge in [-0.2, -0.15) is 0 Å². The average molecular weight is 329 g/mol. The maximum absolute atomic E-state index is 12.7. The van der Waals surface area contributed by atoms with Gasteiger partial charge in [0.05, 0.1) is 11.5 Å². The van der Waals surface area contributed by atoms with Gasteiger partial charge in [0.25, 0.3) is 0 Å². The van der Waals surface area contributed by atoms with E-state index < -0.39 is 17.1 Å². The minimum absolute atomic E-state index is 0.0295. The summed E-state index contributed by atoms with van der Waals surface area (Å²) in [5.41, 5.74) is 0.479. The number of piperidine rings is 1. The first-order valence-electron chi connectivity index (χ1n) is 8.47. The standard InChI is InChI=1S/C18H19NO5/c1-9(20)24-18-5-4-12(22)16-17(18)6-7-19-13(18)8-10-2-3-11(21)15(23-16)14(10)17/h2-3,13,16,19,21H,4-8H2,1H3/t13-,16+,17+,18-/m1/s1. The topological polar surface area (TPSA) is 84.9 Å². The van der Waals surface area contributed by atoms with E-state index in [0.717, 1.165) is 17.7 Å². The summed E-state index contributed by atoms with van der Waals surface area (Å²) in [6.07, 6.45) is 1.48. The van der Waals surface area contributed by atoms with Gasteiger partial charge in [0, 0.05) is 18.9 Å². The van der Waals surface area contributed by atoms with E-state index in [9.17, 15) is 14.7 Å². The average Bonchev–Trinajstić information content (AvgIpc) is 2.87. The molecule has 2 aliphatic carbocycles. The SMILES string of the molecule is CC(=O)O[C@@]12CCC(=O)[C@@H]3Oc4c(O)ccc5c4[C@@]31CCN[C@@H]2C5. The Balaban J connectivity index is 1.85. The predicted molar refractivity (Wildman–Crippen MR) is 83.1 cm³/mol. The van der Waals surface area contributed by atoms with Crippen LogP contribution in [0.25, 0.3) is 0 Å². The van der Waals surface area contributed by atoms with Crippen molar-refractivity contribution in [3.05, 3.63) is 23.3 Å². The first-order chi connectivity index (χ1) is 11.5. The van der Waals surface area contributed by atoms with Crippen LogP contribution in [0.4, 0.5) is 0 Å². The van der Waals surface area contributed by atoms with Gasteiger partial charge in [-0.25, -0.2) is 0 Å². The molecule has 5 rings (SSSR count). The molecule has 4 atom stereocenters. The van der Waals surface area contributed by atoms with Crippen LogP contribution in [0.15, 0.2) is 12.1 Å². The number of ketones is 1. The highest BCUT2D eigenvalue weighted by atomic mass is 16.6. The fourth-order valence-electron chi connectivity index (χ4n) is 5.67. The number of hydrogen-bond acceptors (Lipinski definition) is 6. The van der Waals surface area contributed by atoms with E-state index in [-0.39, 0.29) is 23.5 Å². The molecule has 6 nitrogen and oxygen atoms in total. The highest BCUT2D eigenvalue weighted by Crippen LogP contribution is 2.64. The lowest BCUT2D eigenvalue weighted by Gasteiger charge is -2.60. The van der Waals surface area contributed by atoms with Gasteiger partial charge in [0.2, 0.25) is 0 Å². The third-order valence-electron chi connectivity index (χ3n) is 6.37. The summed E-state index contributed by atoms with van der Waals surface area (Å²) < 4.78 is 12.0. The fraction of sp³-hybridized carbons (Fsp3) is 0.556. The largest absolute Gasteiger partial charge is 0.504 e. The molecule has 0 amide bonds. The van der Waals surface area contributed by atoms with Crippen molar-refractivity contribution < 1.29 is 24.2 Å². The molecule has 0 aromatic heterocycles. The second-order valence-electron chi connectivity index (χ2n) is 7.33. The molecule has 2 fully saturated rings. The van der Waals surface area contributed by atoms with Gasteiger partial charge < -0.3 is 19.9 Å². The Morgan fingerprint density at radius 1 is 1.42 bits per heavy atom. The summed E-state index contributed by atoms with van der Waals surface area (Å²) in [5, 5.41) is 13.8. The molecule has 1 aromatic rings. The number of ether oxygens (including phenoxy) is 2. The molecule has 2 aliphatic heterocycles. The normalized spacial score (nSPS) is 38.3. The molecular formula is C18H19NO5. The number of rotatable bonds is 1. The van der Waals surface area contributed by atoms with E-state index in [1.807, 2.05) is 6.07 Å². The predicted octanol–water partition coefficient (Wildman–Crippen LogP) is 0.974. The summed E-state index contributed by atoms with van der Waals surface area (Å²) in [7, 11) is 0. The summed E-state index contributed by atoms with van der Waals surface area (Å²) in [4.78, 5) is 24.6. The lowest BCUT2D eigenvalue weighted by molar-refractivity contribution is -0.197. The summed E-state index contributed by atoms with van der Waals surface area (Å²) in [6.45, 7) is 2.15. The Hall–Kier alpha value is -2.08. The number of carbonyl (C=O) groups is 2. The zero-order valence-corrected chi connectivity index (χ0v) is 13.4. The number of esters is 1. The molecule has 1 saturated carbocycles. The zero-order valence-electron chi connectivity index (χ0n) is 13.4. The van der Waals surface area contributed by atoms with E-state index in [1.54, 1.807) is 6.07 Å². The van der Waals surface area contributed by atoms with Crippen molar-refractivity contribution in [3.8, 4) is 11.5 Å². The molecule has 0 radical (unpaired) electrons. The maximum Gasteiger partial charge on any atom is 0.303 e. The minimum atomic E-state index is -0.790. The second-order valence-corrected chi connectivity index (χ2v) is 7.33. The number of Topliss-reactive ketones (excluding diaryl/α,β-unsaturated/α-hetero) is 1. The lowest BCUT2D eigenvalue weighted by atomic mass is 9.49. The molecule has 2 bridgehead atoms. The van der Waals surface area contributed by atoms with Gasteiger partial charge in [-0.05, 0) is 37.4 Å². The van der Waals surface area contributed by atoms with Crippen LogP contribution in [0.2, 0.25) is 0 Å². The maximum atomic E-state index is 12.7. The summed E-state index contributed by atoms with van der Waals surface area (Å²) in [6, 6.07) is 3.48. The number of nitrogens with one attached hydrogen (secondary N) is 1. The first-order valence-corrected chi connectivity index (χ1v) is 8.47. The van der Waals surface area contributed by atoms with Crippen LogP contribution in [0.3, 0.4) is 0 Å². The van der Waals surface area contributed by atoms with Crippen LogP contribution in [0.1, 0.15) is 37.3 Å². The smallest absolute Gasteiger partial charge is 0.303 e. The molecule has 1 aromatic carbocycles. The molecule has 24 heavy (non-hydrogen) atoms. The Kier molecular flexibility index (Phi) is 2.56. The van der Waals surface area contributed by atoms with Crippen LogP contribution < -0.4 is 10.1 Å². The second kappa shape index (κ2) is 4.30. The van der Waals surface area contributed by atoms with Crippen LogP contribution in [0.5, 0.6) is 11.5 Å². The molecule has 1 saturated heterocycles. The van der Waals surface area contributed by atoms with Gasteiger partial charge in [0.15, 0.2) is 23.4 Å². The van der Waals surface area contributed by atoms with E-state index >= 15 is 0 Å². The summed E-state index contributed by atoms with van der Waals surface area (Å²) >= 11 is 0. The third-order valence-corrected chi connectivity index (χ3v) is 6.37. The van der Waals surface area contributed by atoms with E-state index in [0.29, 0.717) is 31.4 Å². The number of hydrogen-bond donors (Lipinski definition) is 2. The highest BCUT2D eigenvalue weighted by molar-refractivity contribution is 5.90. The number of phenols is 1. The first kappa shape index (κ1) is 14.3. The minimum Gasteiger partial charge on any atom is -0.504 e. The Labute approximate surface area is 139 Å². The number of benzene rings is 1. The third kappa shape index (κ3) is 1.38. The molecular weight excluding hydrogens is 310 g/mol. The van der Waals surface area contributed by atoms with E-state index in [2.05, 4.69) is 5.32 Å². The molecule has 2 heterocycles.